The molecule has 0 atom stereocenters. The Morgan fingerprint density at radius 3 is 2.58 bits per heavy atom. The van der Waals surface area contributed by atoms with Crippen molar-refractivity contribution in [2.75, 3.05) is 6.61 Å². The summed E-state index contributed by atoms with van der Waals surface area (Å²) in [5.41, 5.74) is 0.302. The zero-order chi connectivity index (χ0) is 13.9. The molecule has 0 bridgehead atoms. The summed E-state index contributed by atoms with van der Waals surface area (Å²) >= 11 is 0. The van der Waals surface area contributed by atoms with Gasteiger partial charge in [-0.3, -0.25) is 0 Å². The Bertz CT molecular complexity index is 461. The SMILES string of the molecule is Cc1cc(C(=O)O)ccc1OCC1(O)CCCCC1. The molecule has 0 amide bonds. The van der Waals surface area contributed by atoms with Crippen LogP contribution in [0.25, 0.3) is 0 Å². The number of carbonyl (C=O) groups is 1. The molecule has 4 nitrogen and oxygen atoms in total. The molecular formula is C15H20O4. The van der Waals surface area contributed by atoms with Crippen LogP contribution in [0.3, 0.4) is 0 Å². The van der Waals surface area contributed by atoms with Gasteiger partial charge in [-0.1, -0.05) is 19.3 Å². The van der Waals surface area contributed by atoms with Gasteiger partial charge in [-0.25, -0.2) is 4.79 Å². The molecule has 0 radical (unpaired) electrons. The molecule has 1 aliphatic carbocycles. The van der Waals surface area contributed by atoms with Crippen LogP contribution < -0.4 is 4.74 Å². The minimum atomic E-state index is -0.944. The van der Waals surface area contributed by atoms with Crippen LogP contribution in [0.5, 0.6) is 5.75 Å². The van der Waals surface area contributed by atoms with E-state index < -0.39 is 11.6 Å². The number of rotatable bonds is 4. The molecule has 1 saturated carbocycles. The van der Waals surface area contributed by atoms with Gasteiger partial charge in [-0.2, -0.15) is 0 Å². The first-order valence-electron chi connectivity index (χ1n) is 6.69. The van der Waals surface area contributed by atoms with E-state index >= 15 is 0 Å². The molecule has 1 aromatic carbocycles. The van der Waals surface area contributed by atoms with Gasteiger partial charge >= 0.3 is 5.97 Å². The normalized spacial score (nSPS) is 18.0. The average molecular weight is 264 g/mol. The van der Waals surface area contributed by atoms with Crippen LogP contribution in [-0.2, 0) is 0 Å². The number of aromatic carboxylic acids is 1. The van der Waals surface area contributed by atoms with Gasteiger partial charge < -0.3 is 14.9 Å². The Kier molecular flexibility index (Phi) is 4.10. The van der Waals surface area contributed by atoms with E-state index in [-0.39, 0.29) is 12.2 Å². The van der Waals surface area contributed by atoms with Gasteiger partial charge in [0.15, 0.2) is 0 Å². The quantitative estimate of drug-likeness (QED) is 0.877. The first-order valence-corrected chi connectivity index (χ1v) is 6.69. The highest BCUT2D eigenvalue weighted by Crippen LogP contribution is 2.29. The summed E-state index contributed by atoms with van der Waals surface area (Å²) in [7, 11) is 0. The van der Waals surface area contributed by atoms with Crippen molar-refractivity contribution in [2.45, 2.75) is 44.6 Å². The van der Waals surface area contributed by atoms with Crippen LogP contribution in [0.4, 0.5) is 0 Å². The smallest absolute Gasteiger partial charge is 0.335 e. The number of hydrogen-bond donors (Lipinski definition) is 2. The lowest BCUT2D eigenvalue weighted by atomic mass is 9.85. The Balaban J connectivity index is 2.01. The second-order valence-corrected chi connectivity index (χ2v) is 5.36. The topological polar surface area (TPSA) is 66.8 Å². The molecule has 2 rings (SSSR count). The van der Waals surface area contributed by atoms with Crippen LogP contribution in [0.15, 0.2) is 18.2 Å². The molecule has 0 saturated heterocycles. The number of ether oxygens (including phenoxy) is 1. The van der Waals surface area contributed by atoms with Gasteiger partial charge in [-0.05, 0) is 43.5 Å². The molecule has 0 spiro atoms. The first kappa shape index (κ1) is 13.9. The van der Waals surface area contributed by atoms with E-state index in [1.807, 2.05) is 6.92 Å². The van der Waals surface area contributed by atoms with Crippen molar-refractivity contribution in [3.8, 4) is 5.75 Å². The third-order valence-corrected chi connectivity index (χ3v) is 3.70. The van der Waals surface area contributed by atoms with Crippen LogP contribution in [0, 0.1) is 6.92 Å². The lowest BCUT2D eigenvalue weighted by molar-refractivity contribution is -0.0340. The predicted octanol–water partition coefficient (Wildman–Crippen LogP) is 2.77. The Labute approximate surface area is 113 Å². The highest BCUT2D eigenvalue weighted by Gasteiger charge is 2.30. The fraction of sp³-hybridized carbons (Fsp3) is 0.533. The van der Waals surface area contributed by atoms with E-state index in [1.54, 1.807) is 12.1 Å². The second kappa shape index (κ2) is 5.61. The van der Waals surface area contributed by atoms with Gasteiger partial charge in [-0.15, -0.1) is 0 Å². The number of aryl methyl sites for hydroxylation is 1. The molecule has 19 heavy (non-hydrogen) atoms. The molecule has 1 fully saturated rings. The predicted molar refractivity (Wildman–Crippen MR) is 71.7 cm³/mol. The Morgan fingerprint density at radius 1 is 1.32 bits per heavy atom. The third-order valence-electron chi connectivity index (χ3n) is 3.70. The van der Waals surface area contributed by atoms with Gasteiger partial charge in [0.2, 0.25) is 0 Å². The highest BCUT2D eigenvalue weighted by atomic mass is 16.5. The maximum absolute atomic E-state index is 10.8. The Hall–Kier alpha value is -1.55. The van der Waals surface area contributed by atoms with E-state index in [0.717, 1.165) is 31.2 Å². The molecule has 0 unspecified atom stereocenters. The summed E-state index contributed by atoms with van der Waals surface area (Å²) in [6.07, 6.45) is 4.81. The summed E-state index contributed by atoms with van der Waals surface area (Å²) in [6.45, 7) is 2.09. The zero-order valence-electron chi connectivity index (χ0n) is 11.2. The number of benzene rings is 1. The summed E-state index contributed by atoms with van der Waals surface area (Å²) in [4.78, 5) is 10.8. The van der Waals surface area contributed by atoms with Crippen LogP contribution in [0.2, 0.25) is 0 Å². The summed E-state index contributed by atoms with van der Waals surface area (Å²) in [5, 5.41) is 19.2. The van der Waals surface area contributed by atoms with Crippen molar-refractivity contribution in [1.29, 1.82) is 0 Å². The van der Waals surface area contributed by atoms with Gasteiger partial charge in [0.1, 0.15) is 12.4 Å². The molecule has 1 aromatic rings. The number of carboxylic acids is 1. The minimum Gasteiger partial charge on any atom is -0.490 e. The van der Waals surface area contributed by atoms with Crippen LogP contribution in [-0.4, -0.2) is 28.4 Å². The average Bonchev–Trinajstić information content (AvgIpc) is 2.38. The molecule has 2 N–H and O–H groups in total. The van der Waals surface area contributed by atoms with E-state index in [1.165, 1.54) is 12.5 Å². The van der Waals surface area contributed by atoms with E-state index in [9.17, 15) is 9.90 Å². The van der Waals surface area contributed by atoms with E-state index in [0.29, 0.717) is 5.75 Å². The molecule has 0 aromatic heterocycles. The van der Waals surface area contributed by atoms with Gasteiger partial charge in [0.05, 0.1) is 11.2 Å². The van der Waals surface area contributed by atoms with Crippen molar-refractivity contribution in [3.63, 3.8) is 0 Å². The van der Waals surface area contributed by atoms with E-state index in [4.69, 9.17) is 9.84 Å². The zero-order valence-corrected chi connectivity index (χ0v) is 11.2. The van der Waals surface area contributed by atoms with Gasteiger partial charge in [0.25, 0.3) is 0 Å². The lowest BCUT2D eigenvalue weighted by Gasteiger charge is -2.31. The summed E-state index contributed by atoms with van der Waals surface area (Å²) < 4.78 is 5.67. The van der Waals surface area contributed by atoms with Crippen molar-refractivity contribution in [1.82, 2.24) is 0 Å². The van der Waals surface area contributed by atoms with Crippen molar-refractivity contribution >= 4 is 5.97 Å². The number of hydrogen-bond acceptors (Lipinski definition) is 3. The highest BCUT2D eigenvalue weighted by molar-refractivity contribution is 5.88. The first-order chi connectivity index (χ1) is 9.00. The Morgan fingerprint density at radius 2 is 2.00 bits per heavy atom. The van der Waals surface area contributed by atoms with Crippen molar-refractivity contribution < 1.29 is 19.7 Å². The molecule has 4 heteroatoms. The summed E-state index contributed by atoms with van der Waals surface area (Å²) in [6, 6.07) is 4.77. The standard InChI is InChI=1S/C15H20O4/c1-11-9-12(14(16)17)5-6-13(11)19-10-15(18)7-3-2-4-8-15/h5-6,9,18H,2-4,7-8,10H2,1H3,(H,16,17). The third kappa shape index (κ3) is 3.47. The fourth-order valence-corrected chi connectivity index (χ4v) is 2.51. The maximum Gasteiger partial charge on any atom is 0.335 e. The lowest BCUT2D eigenvalue weighted by Crippen LogP contribution is -2.38. The molecule has 1 aliphatic rings. The molecular weight excluding hydrogens is 244 g/mol. The molecule has 0 aliphatic heterocycles. The fourth-order valence-electron chi connectivity index (χ4n) is 2.51. The van der Waals surface area contributed by atoms with Crippen LogP contribution in [0.1, 0.15) is 48.0 Å². The van der Waals surface area contributed by atoms with Crippen LogP contribution >= 0.6 is 0 Å². The van der Waals surface area contributed by atoms with Crippen molar-refractivity contribution in [2.24, 2.45) is 0 Å². The minimum absolute atomic E-state index is 0.251. The van der Waals surface area contributed by atoms with Crippen molar-refractivity contribution in [3.05, 3.63) is 29.3 Å². The molecule has 0 heterocycles. The molecule has 104 valence electrons. The monoisotopic (exact) mass is 264 g/mol. The number of aliphatic hydroxyl groups is 1. The second-order valence-electron chi connectivity index (χ2n) is 5.36. The largest absolute Gasteiger partial charge is 0.490 e. The summed E-state index contributed by atoms with van der Waals surface area (Å²) in [5.74, 6) is -0.301. The van der Waals surface area contributed by atoms with E-state index in [2.05, 4.69) is 0 Å². The van der Waals surface area contributed by atoms with Gasteiger partial charge in [0, 0.05) is 0 Å². The number of carboxylic acid groups (broad SMARTS) is 1. The maximum atomic E-state index is 10.8.